The molecule has 0 bridgehead atoms. The van der Waals surface area contributed by atoms with Gasteiger partial charge in [0.2, 0.25) is 0 Å². The lowest BCUT2D eigenvalue weighted by Crippen LogP contribution is -2.08. The van der Waals surface area contributed by atoms with Crippen LogP contribution in [-0.2, 0) is 20.9 Å². The van der Waals surface area contributed by atoms with Crippen LogP contribution in [0.15, 0.2) is 18.2 Å². The van der Waals surface area contributed by atoms with Crippen LogP contribution in [0.1, 0.15) is 11.7 Å². The fraction of sp³-hybridized carbons (Fsp3) is 0.333. The summed E-state index contributed by atoms with van der Waals surface area (Å²) in [4.78, 5) is 0. The molecular weight excluding hydrogens is 255 g/mol. The molecule has 0 aliphatic carbocycles. The van der Waals surface area contributed by atoms with Crippen LogP contribution in [0.25, 0.3) is 0 Å². The zero-order chi connectivity index (χ0) is 11.8. The summed E-state index contributed by atoms with van der Waals surface area (Å²) in [6, 6.07) is 3.98. The molecule has 1 saturated heterocycles. The van der Waals surface area contributed by atoms with Crippen LogP contribution in [-0.4, -0.2) is 13.7 Å². The van der Waals surface area contributed by atoms with Crippen molar-refractivity contribution in [2.24, 2.45) is 0 Å². The van der Waals surface area contributed by atoms with E-state index in [1.54, 1.807) is 0 Å². The Morgan fingerprint density at radius 1 is 1.56 bits per heavy atom. The van der Waals surface area contributed by atoms with Crippen molar-refractivity contribution in [1.29, 1.82) is 0 Å². The highest BCUT2D eigenvalue weighted by atomic mass is 32.5. The van der Waals surface area contributed by atoms with E-state index in [2.05, 4.69) is 5.09 Å². The number of hydrogen-bond donors (Lipinski definition) is 1. The Morgan fingerprint density at radius 2 is 2.31 bits per heavy atom. The van der Waals surface area contributed by atoms with Crippen LogP contribution in [0, 0.1) is 11.6 Å². The monoisotopic (exact) mass is 265 g/mol. The largest absolute Gasteiger partial charge is 0.321 e. The molecule has 1 aromatic rings. The number of hydrogen-bond acceptors (Lipinski definition) is 3. The maximum absolute atomic E-state index is 13.5. The number of rotatable bonds is 2. The predicted molar refractivity (Wildman–Crippen MR) is 59.5 cm³/mol. The summed E-state index contributed by atoms with van der Waals surface area (Å²) in [5.74, 6) is -1.78. The van der Waals surface area contributed by atoms with Crippen molar-refractivity contribution in [3.63, 3.8) is 0 Å². The van der Waals surface area contributed by atoms with Crippen molar-refractivity contribution in [1.82, 2.24) is 5.09 Å². The van der Waals surface area contributed by atoms with Crippen LogP contribution in [0.5, 0.6) is 0 Å². The van der Waals surface area contributed by atoms with E-state index in [1.165, 1.54) is 19.2 Å². The minimum absolute atomic E-state index is 0.163. The molecule has 1 aromatic carbocycles. The lowest BCUT2D eigenvalue weighted by Gasteiger charge is -2.14. The van der Waals surface area contributed by atoms with Gasteiger partial charge in [0.1, 0.15) is 6.10 Å². The van der Waals surface area contributed by atoms with E-state index < -0.39 is 24.4 Å². The van der Waals surface area contributed by atoms with Gasteiger partial charge in [0.05, 0.1) is 0 Å². The van der Waals surface area contributed by atoms with Crippen molar-refractivity contribution >= 4 is 18.4 Å². The lowest BCUT2D eigenvalue weighted by molar-refractivity contribution is 0.227. The van der Waals surface area contributed by atoms with Crippen molar-refractivity contribution in [2.75, 3.05) is 13.7 Å². The summed E-state index contributed by atoms with van der Waals surface area (Å²) >= 11 is 5.06. The molecule has 7 heteroatoms. The van der Waals surface area contributed by atoms with Gasteiger partial charge < -0.3 is 9.05 Å². The minimum Gasteiger partial charge on any atom is -0.321 e. The van der Waals surface area contributed by atoms with Gasteiger partial charge in [-0.2, -0.15) is 0 Å². The van der Waals surface area contributed by atoms with Crippen LogP contribution < -0.4 is 5.09 Å². The van der Waals surface area contributed by atoms with Gasteiger partial charge in [-0.15, -0.1) is 0 Å². The highest BCUT2D eigenvalue weighted by Crippen LogP contribution is 2.52. The predicted octanol–water partition coefficient (Wildman–Crippen LogP) is 2.50. The average Bonchev–Trinajstić information content (AvgIpc) is 2.66. The standard InChI is InChI=1S/C9H10F2NO2PS/c1-13-15(16)12-5-8(14-15)6-3-2-4-7(10)9(6)11/h2-4,8H,5H2,1H3,(H,12,16). The quantitative estimate of drug-likeness (QED) is 0.832. The smallest absolute Gasteiger partial charge is 0.261 e. The fourth-order valence-electron chi connectivity index (χ4n) is 1.48. The second kappa shape index (κ2) is 4.47. The van der Waals surface area contributed by atoms with Crippen LogP contribution in [0.3, 0.4) is 0 Å². The van der Waals surface area contributed by atoms with Gasteiger partial charge in [0, 0.05) is 19.2 Å². The van der Waals surface area contributed by atoms with Gasteiger partial charge >= 0.3 is 0 Å². The average molecular weight is 265 g/mol. The van der Waals surface area contributed by atoms with Crippen LogP contribution in [0.2, 0.25) is 0 Å². The topological polar surface area (TPSA) is 30.5 Å². The molecule has 1 fully saturated rings. The Balaban J connectivity index is 2.27. The van der Waals surface area contributed by atoms with Gasteiger partial charge in [-0.3, -0.25) is 0 Å². The van der Waals surface area contributed by atoms with E-state index in [9.17, 15) is 8.78 Å². The summed E-state index contributed by atoms with van der Waals surface area (Å²) in [6.45, 7) is -2.19. The second-order valence-electron chi connectivity index (χ2n) is 3.28. The third-order valence-corrected chi connectivity index (χ3v) is 4.98. The molecule has 0 aromatic heterocycles. The number of halogens is 2. The molecule has 0 spiro atoms. The van der Waals surface area contributed by atoms with Crippen molar-refractivity contribution < 1.29 is 17.8 Å². The molecule has 3 nitrogen and oxygen atoms in total. The first kappa shape index (κ1) is 12.1. The van der Waals surface area contributed by atoms with E-state index >= 15 is 0 Å². The summed E-state index contributed by atoms with van der Waals surface area (Å²) in [7, 11) is 1.43. The molecule has 0 saturated carbocycles. The maximum atomic E-state index is 13.5. The van der Waals surface area contributed by atoms with E-state index in [0.717, 1.165) is 6.07 Å². The van der Waals surface area contributed by atoms with Gasteiger partial charge in [0.25, 0.3) is 6.64 Å². The summed E-state index contributed by atoms with van der Waals surface area (Å²) in [5, 5.41) is 2.87. The molecule has 0 amide bonds. The number of nitrogens with one attached hydrogen (secondary N) is 1. The molecule has 1 heterocycles. The highest BCUT2D eigenvalue weighted by molar-refractivity contribution is 8.09. The lowest BCUT2D eigenvalue weighted by atomic mass is 10.1. The summed E-state index contributed by atoms with van der Waals surface area (Å²) in [5.41, 5.74) is 0.163. The van der Waals surface area contributed by atoms with Gasteiger partial charge in [0.15, 0.2) is 11.6 Å². The first-order chi connectivity index (χ1) is 7.56. The molecule has 88 valence electrons. The molecule has 0 radical (unpaired) electrons. The third kappa shape index (κ3) is 2.17. The Bertz CT molecular complexity index is 457. The summed E-state index contributed by atoms with van der Waals surface area (Å²) in [6.07, 6.45) is -0.596. The fourth-order valence-corrected chi connectivity index (χ4v) is 3.22. The summed E-state index contributed by atoms with van der Waals surface area (Å²) < 4.78 is 36.9. The molecule has 2 atom stereocenters. The van der Waals surface area contributed by atoms with E-state index in [1.807, 2.05) is 0 Å². The second-order valence-corrected chi connectivity index (χ2v) is 6.61. The van der Waals surface area contributed by atoms with E-state index in [-0.39, 0.29) is 5.56 Å². The Morgan fingerprint density at radius 3 is 2.94 bits per heavy atom. The van der Waals surface area contributed by atoms with Crippen molar-refractivity contribution in [3.8, 4) is 0 Å². The molecule has 1 aliphatic heterocycles. The molecular formula is C9H10F2NO2PS. The first-order valence-corrected chi connectivity index (χ1v) is 7.23. The third-order valence-electron chi connectivity index (χ3n) is 2.31. The van der Waals surface area contributed by atoms with Crippen molar-refractivity contribution in [2.45, 2.75) is 6.10 Å². The van der Waals surface area contributed by atoms with Gasteiger partial charge in [-0.25, -0.2) is 13.9 Å². The van der Waals surface area contributed by atoms with Gasteiger partial charge in [-0.1, -0.05) is 12.1 Å². The molecule has 1 N–H and O–H groups in total. The zero-order valence-corrected chi connectivity index (χ0v) is 10.2. The van der Waals surface area contributed by atoms with Crippen molar-refractivity contribution in [3.05, 3.63) is 35.4 Å². The Hall–Kier alpha value is -0.390. The number of benzene rings is 1. The Labute approximate surface area is 97.0 Å². The Kier molecular flexibility index (Phi) is 3.37. The first-order valence-electron chi connectivity index (χ1n) is 4.59. The normalized spacial score (nSPS) is 29.6. The SMILES string of the molecule is COP1(=S)NCC(c2cccc(F)c2F)O1. The van der Waals surface area contributed by atoms with Crippen LogP contribution in [0.4, 0.5) is 8.78 Å². The van der Waals surface area contributed by atoms with E-state index in [0.29, 0.717) is 6.54 Å². The molecule has 2 unspecified atom stereocenters. The molecule has 16 heavy (non-hydrogen) atoms. The molecule has 1 aliphatic rings. The zero-order valence-electron chi connectivity index (χ0n) is 8.44. The van der Waals surface area contributed by atoms with Gasteiger partial charge in [-0.05, 0) is 17.9 Å². The van der Waals surface area contributed by atoms with E-state index in [4.69, 9.17) is 20.9 Å². The van der Waals surface area contributed by atoms with Crippen LogP contribution >= 0.6 is 6.64 Å². The molecule has 2 rings (SSSR count). The maximum Gasteiger partial charge on any atom is 0.261 e. The minimum atomic E-state index is -2.51. The highest BCUT2D eigenvalue weighted by Gasteiger charge is 2.33.